The lowest BCUT2D eigenvalue weighted by Gasteiger charge is -2.24. The van der Waals surface area contributed by atoms with Gasteiger partial charge in [-0.3, -0.25) is 4.98 Å². The van der Waals surface area contributed by atoms with E-state index in [-0.39, 0.29) is 12.1 Å². The molecule has 1 aromatic rings. The van der Waals surface area contributed by atoms with Gasteiger partial charge in [0.2, 0.25) is 0 Å². The van der Waals surface area contributed by atoms with Crippen LogP contribution in [0.15, 0.2) is 24.4 Å². The second-order valence-electron chi connectivity index (χ2n) is 4.62. The normalized spacial score (nSPS) is 20.1. The zero-order valence-electron chi connectivity index (χ0n) is 10.7. The first kappa shape index (κ1) is 13.3. The molecule has 1 aliphatic heterocycles. The maximum Gasteiger partial charge on any atom is 0.326 e. The molecule has 0 aromatic carbocycles. The van der Waals surface area contributed by atoms with Gasteiger partial charge in [-0.1, -0.05) is 6.07 Å². The van der Waals surface area contributed by atoms with Crippen molar-refractivity contribution in [3.8, 4) is 0 Å². The third-order valence-corrected chi connectivity index (χ3v) is 3.27. The fourth-order valence-corrected chi connectivity index (χ4v) is 2.24. The highest BCUT2D eigenvalue weighted by molar-refractivity contribution is 5.83. The van der Waals surface area contributed by atoms with Gasteiger partial charge in [-0.15, -0.1) is 0 Å². The molecule has 0 aliphatic carbocycles. The quantitative estimate of drug-likeness (QED) is 0.863. The number of hydrogen-bond donors (Lipinski definition) is 2. The summed E-state index contributed by atoms with van der Waals surface area (Å²) in [7, 11) is 0. The second-order valence-corrected chi connectivity index (χ2v) is 4.62. The van der Waals surface area contributed by atoms with Crippen molar-refractivity contribution in [2.24, 2.45) is 0 Å². The van der Waals surface area contributed by atoms with Gasteiger partial charge in [0.05, 0.1) is 11.7 Å². The average molecular weight is 263 g/mol. The zero-order chi connectivity index (χ0) is 13.8. The number of rotatable bonds is 3. The van der Waals surface area contributed by atoms with E-state index in [9.17, 15) is 9.59 Å². The number of carboxylic acid groups (broad SMARTS) is 1. The van der Waals surface area contributed by atoms with Crippen LogP contribution in [0.1, 0.15) is 31.5 Å². The Morgan fingerprint density at radius 3 is 2.95 bits per heavy atom. The van der Waals surface area contributed by atoms with Crippen molar-refractivity contribution in [1.82, 2.24) is 15.2 Å². The maximum absolute atomic E-state index is 12.1. The third-order valence-electron chi connectivity index (χ3n) is 3.27. The van der Waals surface area contributed by atoms with Crippen LogP contribution in [0.25, 0.3) is 0 Å². The Bertz CT molecular complexity index is 463. The summed E-state index contributed by atoms with van der Waals surface area (Å²) >= 11 is 0. The van der Waals surface area contributed by atoms with Gasteiger partial charge < -0.3 is 15.3 Å². The molecule has 1 fully saturated rings. The molecule has 0 spiro atoms. The predicted octanol–water partition coefficient (Wildman–Crippen LogP) is 1.40. The van der Waals surface area contributed by atoms with Gasteiger partial charge in [0.25, 0.3) is 0 Å². The molecule has 1 aliphatic rings. The van der Waals surface area contributed by atoms with Crippen molar-refractivity contribution in [2.75, 3.05) is 6.54 Å². The van der Waals surface area contributed by atoms with Gasteiger partial charge in [0, 0.05) is 12.7 Å². The SMILES string of the molecule is CC(NC(=O)N1CCCC1C(=O)O)c1ccccn1. The lowest BCUT2D eigenvalue weighted by atomic mass is 10.2. The van der Waals surface area contributed by atoms with Crippen LogP contribution in [0.2, 0.25) is 0 Å². The topological polar surface area (TPSA) is 82.5 Å². The summed E-state index contributed by atoms with van der Waals surface area (Å²) in [5.74, 6) is -0.946. The number of amides is 2. The standard InChI is InChI=1S/C13H17N3O3/c1-9(10-5-2-3-7-14-10)15-13(19)16-8-4-6-11(16)12(17)18/h2-3,5,7,9,11H,4,6,8H2,1H3,(H,15,19)(H,17,18). The number of carbonyl (C=O) groups is 2. The fourth-order valence-electron chi connectivity index (χ4n) is 2.24. The monoisotopic (exact) mass is 263 g/mol. The smallest absolute Gasteiger partial charge is 0.326 e. The van der Waals surface area contributed by atoms with E-state index in [1.54, 1.807) is 12.3 Å². The molecule has 6 heteroatoms. The summed E-state index contributed by atoms with van der Waals surface area (Å²) in [6, 6.07) is 4.17. The number of nitrogens with one attached hydrogen (secondary N) is 1. The molecular weight excluding hydrogens is 246 g/mol. The minimum absolute atomic E-state index is 0.247. The van der Waals surface area contributed by atoms with Crippen LogP contribution in [0.4, 0.5) is 4.79 Å². The van der Waals surface area contributed by atoms with Crippen molar-refractivity contribution in [3.05, 3.63) is 30.1 Å². The number of carboxylic acids is 1. The highest BCUT2D eigenvalue weighted by atomic mass is 16.4. The molecule has 2 heterocycles. The molecular formula is C13H17N3O3. The van der Waals surface area contributed by atoms with Gasteiger partial charge in [-0.25, -0.2) is 9.59 Å². The van der Waals surface area contributed by atoms with Crippen LogP contribution in [0, 0.1) is 0 Å². The molecule has 19 heavy (non-hydrogen) atoms. The van der Waals surface area contributed by atoms with Crippen molar-refractivity contribution in [3.63, 3.8) is 0 Å². The minimum atomic E-state index is -0.946. The van der Waals surface area contributed by atoms with Crippen LogP contribution >= 0.6 is 0 Å². The largest absolute Gasteiger partial charge is 0.480 e. The number of aromatic nitrogens is 1. The molecule has 0 radical (unpaired) electrons. The molecule has 2 N–H and O–H groups in total. The lowest BCUT2D eigenvalue weighted by Crippen LogP contribution is -2.46. The molecule has 0 bridgehead atoms. The first-order valence-electron chi connectivity index (χ1n) is 6.30. The molecule has 0 saturated carbocycles. The lowest BCUT2D eigenvalue weighted by molar-refractivity contribution is -0.141. The Kier molecular flexibility index (Phi) is 3.99. The van der Waals surface area contributed by atoms with Crippen molar-refractivity contribution < 1.29 is 14.7 Å². The molecule has 2 amide bonds. The van der Waals surface area contributed by atoms with Gasteiger partial charge >= 0.3 is 12.0 Å². The average Bonchev–Trinajstić information content (AvgIpc) is 2.89. The van der Waals surface area contributed by atoms with Gasteiger partial charge in [-0.2, -0.15) is 0 Å². The summed E-state index contributed by atoms with van der Waals surface area (Å²) < 4.78 is 0. The molecule has 6 nitrogen and oxygen atoms in total. The van der Waals surface area contributed by atoms with Crippen LogP contribution in [-0.2, 0) is 4.79 Å². The molecule has 1 saturated heterocycles. The molecule has 2 atom stereocenters. The van der Waals surface area contributed by atoms with Crippen molar-refractivity contribution in [1.29, 1.82) is 0 Å². The Balaban J connectivity index is 1.99. The summed E-state index contributed by atoms with van der Waals surface area (Å²) in [6.07, 6.45) is 2.90. The summed E-state index contributed by atoms with van der Waals surface area (Å²) in [6.45, 7) is 2.31. The van der Waals surface area contributed by atoms with E-state index in [0.717, 1.165) is 12.1 Å². The van der Waals surface area contributed by atoms with Gasteiger partial charge in [0.15, 0.2) is 0 Å². The van der Waals surface area contributed by atoms with Crippen molar-refractivity contribution >= 4 is 12.0 Å². The van der Waals surface area contributed by atoms with E-state index in [0.29, 0.717) is 13.0 Å². The number of pyridine rings is 1. The Morgan fingerprint density at radius 2 is 2.32 bits per heavy atom. The number of aliphatic carboxylic acids is 1. The van der Waals surface area contributed by atoms with Crippen LogP contribution in [0.5, 0.6) is 0 Å². The zero-order valence-corrected chi connectivity index (χ0v) is 10.7. The predicted molar refractivity (Wildman–Crippen MR) is 68.5 cm³/mol. The van der Waals surface area contributed by atoms with E-state index in [1.807, 2.05) is 19.1 Å². The summed E-state index contributed by atoms with van der Waals surface area (Å²) in [5, 5.41) is 11.8. The number of likely N-dealkylation sites (tertiary alicyclic amines) is 1. The van der Waals surface area contributed by atoms with E-state index >= 15 is 0 Å². The number of nitrogens with zero attached hydrogens (tertiary/aromatic N) is 2. The highest BCUT2D eigenvalue weighted by Crippen LogP contribution is 2.18. The molecule has 1 aromatic heterocycles. The Hall–Kier alpha value is -2.11. The Labute approximate surface area is 111 Å². The van der Waals surface area contributed by atoms with E-state index in [1.165, 1.54) is 4.90 Å². The Morgan fingerprint density at radius 1 is 1.53 bits per heavy atom. The van der Waals surface area contributed by atoms with E-state index < -0.39 is 12.0 Å². The second kappa shape index (κ2) is 5.69. The summed E-state index contributed by atoms with van der Waals surface area (Å²) in [5.41, 5.74) is 0.752. The summed E-state index contributed by atoms with van der Waals surface area (Å²) in [4.78, 5) is 28.6. The highest BCUT2D eigenvalue weighted by Gasteiger charge is 2.34. The first-order valence-corrected chi connectivity index (χ1v) is 6.30. The van der Waals surface area contributed by atoms with E-state index in [4.69, 9.17) is 5.11 Å². The third kappa shape index (κ3) is 3.01. The first-order chi connectivity index (χ1) is 9.09. The van der Waals surface area contributed by atoms with Crippen molar-refractivity contribution in [2.45, 2.75) is 31.8 Å². The molecule has 2 rings (SSSR count). The molecule has 2 unspecified atom stereocenters. The number of hydrogen-bond acceptors (Lipinski definition) is 3. The maximum atomic E-state index is 12.1. The van der Waals surface area contributed by atoms with Gasteiger partial charge in [-0.05, 0) is 31.9 Å². The van der Waals surface area contributed by atoms with Gasteiger partial charge in [0.1, 0.15) is 6.04 Å². The van der Waals surface area contributed by atoms with Crippen LogP contribution in [-0.4, -0.2) is 39.6 Å². The van der Waals surface area contributed by atoms with E-state index in [2.05, 4.69) is 10.3 Å². The van der Waals surface area contributed by atoms with Crippen LogP contribution in [0.3, 0.4) is 0 Å². The number of carbonyl (C=O) groups excluding carboxylic acids is 1. The minimum Gasteiger partial charge on any atom is -0.480 e. The fraction of sp³-hybridized carbons (Fsp3) is 0.462. The number of urea groups is 1. The van der Waals surface area contributed by atoms with Crippen LogP contribution < -0.4 is 5.32 Å². The molecule has 102 valence electrons.